The molecule has 6 nitrogen and oxygen atoms in total. The van der Waals surface area contributed by atoms with Crippen LogP contribution < -0.4 is 16.2 Å². The third-order valence-electron chi connectivity index (χ3n) is 3.92. The lowest BCUT2D eigenvalue weighted by Gasteiger charge is -2.22. The van der Waals surface area contributed by atoms with Crippen LogP contribution in [0.25, 0.3) is 0 Å². The predicted molar refractivity (Wildman–Crippen MR) is 104 cm³/mol. The molecule has 0 aliphatic rings. The second-order valence-corrected chi connectivity index (χ2v) is 6.95. The third-order valence-corrected chi connectivity index (χ3v) is 4.17. The minimum absolute atomic E-state index is 0.175. The van der Waals surface area contributed by atoms with Gasteiger partial charge in [-0.1, -0.05) is 43.1 Å². The van der Waals surface area contributed by atoms with Gasteiger partial charge in [0.05, 0.1) is 0 Å². The van der Waals surface area contributed by atoms with E-state index in [4.69, 9.17) is 11.6 Å². The molecule has 2 aromatic carbocycles. The maximum Gasteiger partial charge on any atom is 0.269 e. The second-order valence-electron chi connectivity index (χ2n) is 6.51. The highest BCUT2D eigenvalue weighted by Gasteiger charge is 2.25. The average molecular weight is 388 g/mol. The van der Waals surface area contributed by atoms with Crippen LogP contribution in [0.5, 0.6) is 0 Å². The second kappa shape index (κ2) is 9.19. The summed E-state index contributed by atoms with van der Waals surface area (Å²) in [6.07, 6.45) is 0. The van der Waals surface area contributed by atoms with Gasteiger partial charge in [-0.05, 0) is 49.2 Å². The number of hydrazine groups is 1. The smallest absolute Gasteiger partial charge is 0.269 e. The highest BCUT2D eigenvalue weighted by atomic mass is 35.5. The maximum atomic E-state index is 12.4. The van der Waals surface area contributed by atoms with Crippen molar-refractivity contribution in [2.75, 3.05) is 0 Å². The molecule has 0 spiro atoms. The summed E-state index contributed by atoms with van der Waals surface area (Å²) >= 11 is 5.79. The van der Waals surface area contributed by atoms with Gasteiger partial charge in [0.15, 0.2) is 0 Å². The molecule has 0 fully saturated rings. The summed E-state index contributed by atoms with van der Waals surface area (Å²) in [5, 5.41) is 3.22. The number of amides is 3. The molecular weight excluding hydrogens is 366 g/mol. The molecule has 27 heavy (non-hydrogen) atoms. The summed E-state index contributed by atoms with van der Waals surface area (Å²) in [7, 11) is 0. The summed E-state index contributed by atoms with van der Waals surface area (Å²) in [4.78, 5) is 36.9. The van der Waals surface area contributed by atoms with Gasteiger partial charge < -0.3 is 5.32 Å². The molecule has 0 aromatic heterocycles. The first-order chi connectivity index (χ1) is 12.8. The Morgan fingerprint density at radius 3 is 2.15 bits per heavy atom. The highest BCUT2D eigenvalue weighted by molar-refractivity contribution is 6.30. The zero-order valence-corrected chi connectivity index (χ0v) is 16.1. The van der Waals surface area contributed by atoms with Gasteiger partial charge in [-0.3, -0.25) is 25.2 Å². The number of halogens is 1. The predicted octanol–water partition coefficient (Wildman–Crippen LogP) is 2.86. The van der Waals surface area contributed by atoms with Gasteiger partial charge in [0.25, 0.3) is 17.7 Å². The Morgan fingerprint density at radius 1 is 0.889 bits per heavy atom. The lowest BCUT2D eigenvalue weighted by Crippen LogP contribution is -2.54. The molecule has 3 N–H and O–H groups in total. The van der Waals surface area contributed by atoms with E-state index in [-0.39, 0.29) is 11.8 Å². The minimum Gasteiger partial charge on any atom is -0.340 e. The molecule has 142 valence electrons. The van der Waals surface area contributed by atoms with Crippen molar-refractivity contribution in [1.82, 2.24) is 16.2 Å². The van der Waals surface area contributed by atoms with E-state index in [2.05, 4.69) is 16.2 Å². The Hall–Kier alpha value is -2.86. The van der Waals surface area contributed by atoms with Crippen LogP contribution in [0.15, 0.2) is 48.5 Å². The van der Waals surface area contributed by atoms with Crippen LogP contribution in [0, 0.1) is 12.8 Å². The van der Waals surface area contributed by atoms with Gasteiger partial charge in [0, 0.05) is 16.1 Å². The Labute approximate surface area is 163 Å². The van der Waals surface area contributed by atoms with Crippen LogP contribution in [0.2, 0.25) is 5.02 Å². The van der Waals surface area contributed by atoms with Gasteiger partial charge in [-0.25, -0.2) is 0 Å². The maximum absolute atomic E-state index is 12.4. The van der Waals surface area contributed by atoms with E-state index in [0.717, 1.165) is 5.56 Å². The fraction of sp³-hybridized carbons (Fsp3) is 0.250. The van der Waals surface area contributed by atoms with E-state index in [0.29, 0.717) is 16.1 Å². The largest absolute Gasteiger partial charge is 0.340 e. The van der Waals surface area contributed by atoms with Gasteiger partial charge in [0.1, 0.15) is 6.04 Å². The number of carbonyl (C=O) groups excluding carboxylic acids is 3. The van der Waals surface area contributed by atoms with Crippen molar-refractivity contribution >= 4 is 29.3 Å². The van der Waals surface area contributed by atoms with E-state index >= 15 is 0 Å². The minimum atomic E-state index is -0.802. The van der Waals surface area contributed by atoms with E-state index in [9.17, 15) is 14.4 Å². The topological polar surface area (TPSA) is 87.3 Å². The fourth-order valence-corrected chi connectivity index (χ4v) is 2.54. The number of hydrogen-bond donors (Lipinski definition) is 3. The normalized spacial score (nSPS) is 11.6. The summed E-state index contributed by atoms with van der Waals surface area (Å²) in [6, 6.07) is 12.5. The Balaban J connectivity index is 1.99. The van der Waals surface area contributed by atoms with Crippen LogP contribution in [-0.2, 0) is 4.79 Å². The van der Waals surface area contributed by atoms with Gasteiger partial charge >= 0.3 is 0 Å². The monoisotopic (exact) mass is 387 g/mol. The van der Waals surface area contributed by atoms with E-state index in [1.165, 1.54) is 0 Å². The van der Waals surface area contributed by atoms with Crippen molar-refractivity contribution < 1.29 is 14.4 Å². The van der Waals surface area contributed by atoms with Gasteiger partial charge in [0.2, 0.25) is 0 Å². The zero-order chi connectivity index (χ0) is 20.0. The zero-order valence-electron chi connectivity index (χ0n) is 15.4. The van der Waals surface area contributed by atoms with Crippen molar-refractivity contribution in [2.45, 2.75) is 26.8 Å². The first-order valence-corrected chi connectivity index (χ1v) is 8.89. The van der Waals surface area contributed by atoms with Crippen molar-refractivity contribution in [3.63, 3.8) is 0 Å². The Bertz CT molecular complexity index is 835. The molecule has 0 radical (unpaired) electrons. The molecule has 2 rings (SSSR count). The van der Waals surface area contributed by atoms with E-state index in [1.54, 1.807) is 42.5 Å². The van der Waals surface area contributed by atoms with Crippen LogP contribution in [0.1, 0.15) is 40.1 Å². The molecule has 0 saturated heterocycles. The number of hydrogen-bond acceptors (Lipinski definition) is 3. The van der Waals surface area contributed by atoms with Crippen LogP contribution in [0.3, 0.4) is 0 Å². The first-order valence-electron chi connectivity index (χ1n) is 8.51. The summed E-state index contributed by atoms with van der Waals surface area (Å²) in [5.74, 6) is -1.51. The third kappa shape index (κ3) is 5.82. The molecular formula is C20H22ClN3O3. The van der Waals surface area contributed by atoms with Crippen LogP contribution >= 0.6 is 11.6 Å². The summed E-state index contributed by atoms with van der Waals surface area (Å²) < 4.78 is 0. The van der Waals surface area contributed by atoms with Crippen molar-refractivity contribution in [3.8, 4) is 0 Å². The summed E-state index contributed by atoms with van der Waals surface area (Å²) in [6.45, 7) is 5.50. The summed E-state index contributed by atoms with van der Waals surface area (Å²) in [5.41, 5.74) is 6.47. The van der Waals surface area contributed by atoms with E-state index in [1.807, 2.05) is 26.8 Å². The number of carbonyl (C=O) groups is 3. The van der Waals surface area contributed by atoms with E-state index < -0.39 is 17.9 Å². The SMILES string of the molecule is Cc1cccc(C(=O)N[C@@H](C(=O)NNC(=O)c2ccc(Cl)cc2)C(C)C)c1. The molecule has 3 amide bonds. The number of aryl methyl sites for hydroxylation is 1. The van der Waals surface area contributed by atoms with Gasteiger partial charge in [-0.2, -0.15) is 0 Å². The van der Waals surface area contributed by atoms with Crippen molar-refractivity contribution in [1.29, 1.82) is 0 Å². The first kappa shape index (κ1) is 20.5. The molecule has 1 atom stereocenters. The molecule has 0 saturated carbocycles. The Kier molecular flexibility index (Phi) is 6.96. The molecule has 0 bridgehead atoms. The number of benzene rings is 2. The average Bonchev–Trinajstić information content (AvgIpc) is 2.64. The molecule has 0 aliphatic carbocycles. The molecule has 7 heteroatoms. The van der Waals surface area contributed by atoms with Crippen LogP contribution in [0.4, 0.5) is 0 Å². The lowest BCUT2D eigenvalue weighted by molar-refractivity contribution is -0.124. The molecule has 0 heterocycles. The lowest BCUT2D eigenvalue weighted by atomic mass is 10.0. The van der Waals surface area contributed by atoms with Crippen molar-refractivity contribution in [2.24, 2.45) is 5.92 Å². The molecule has 0 unspecified atom stereocenters. The Morgan fingerprint density at radius 2 is 1.56 bits per heavy atom. The van der Waals surface area contributed by atoms with Crippen molar-refractivity contribution in [3.05, 3.63) is 70.2 Å². The fourth-order valence-electron chi connectivity index (χ4n) is 2.42. The highest BCUT2D eigenvalue weighted by Crippen LogP contribution is 2.09. The molecule has 2 aromatic rings. The standard InChI is InChI=1S/C20H22ClN3O3/c1-12(2)17(22-18(25)15-6-4-5-13(3)11-15)20(27)24-23-19(26)14-7-9-16(21)10-8-14/h4-12,17H,1-3H3,(H,22,25)(H,23,26)(H,24,27)/t17-/m1/s1. The number of nitrogens with one attached hydrogen (secondary N) is 3. The quantitative estimate of drug-likeness (QED) is 0.689. The van der Waals surface area contributed by atoms with Gasteiger partial charge in [-0.15, -0.1) is 0 Å². The number of rotatable bonds is 5. The van der Waals surface area contributed by atoms with Crippen LogP contribution in [-0.4, -0.2) is 23.8 Å². The molecule has 0 aliphatic heterocycles.